The number of methoxy groups -OCH3 is 1. The summed E-state index contributed by atoms with van der Waals surface area (Å²) in [5.74, 6) is -0.795. The number of phenols is 2. The molecule has 0 radical (unpaired) electrons. The highest BCUT2D eigenvalue weighted by atomic mass is 16.5. The van der Waals surface area contributed by atoms with Gasteiger partial charge in [0.15, 0.2) is 0 Å². The Morgan fingerprint density at radius 2 is 2.08 bits per heavy atom. The molecule has 4 rings (SSSR count). The van der Waals surface area contributed by atoms with E-state index in [9.17, 15) is 20.1 Å². The van der Waals surface area contributed by atoms with Crippen LogP contribution < -0.4 is 14.8 Å². The highest BCUT2D eigenvalue weighted by Gasteiger charge is 2.46. The number of aliphatic carboxylic acids is 1. The van der Waals surface area contributed by atoms with Crippen molar-refractivity contribution in [3.63, 3.8) is 0 Å². The maximum atomic E-state index is 11.8. The summed E-state index contributed by atoms with van der Waals surface area (Å²) in [6.45, 7) is 0.202. The summed E-state index contributed by atoms with van der Waals surface area (Å²) >= 11 is 0. The molecule has 2 aromatic carbocycles. The number of benzene rings is 2. The smallest absolute Gasteiger partial charge is 0.326 e. The van der Waals surface area contributed by atoms with Crippen LogP contribution in [0.4, 0.5) is 5.69 Å². The zero-order valence-electron chi connectivity index (χ0n) is 13.4. The van der Waals surface area contributed by atoms with Crippen molar-refractivity contribution in [1.82, 2.24) is 0 Å². The van der Waals surface area contributed by atoms with Crippen LogP contribution in [-0.2, 0) is 4.79 Å². The number of carboxylic acids is 1. The van der Waals surface area contributed by atoms with Crippen molar-refractivity contribution in [3.8, 4) is 23.0 Å². The third-order valence-corrected chi connectivity index (χ3v) is 4.87. The molecule has 130 valence electrons. The van der Waals surface area contributed by atoms with E-state index in [4.69, 9.17) is 9.47 Å². The van der Waals surface area contributed by atoms with Gasteiger partial charge in [-0.15, -0.1) is 0 Å². The Morgan fingerprint density at radius 1 is 1.28 bits per heavy atom. The van der Waals surface area contributed by atoms with Gasteiger partial charge in [-0.1, -0.05) is 0 Å². The lowest BCUT2D eigenvalue weighted by Crippen LogP contribution is -2.48. The molecule has 3 atom stereocenters. The topological polar surface area (TPSA) is 108 Å². The molecule has 0 aliphatic carbocycles. The summed E-state index contributed by atoms with van der Waals surface area (Å²) in [5, 5.41) is 32.7. The molecule has 3 unspecified atom stereocenters. The maximum Gasteiger partial charge on any atom is 0.326 e. The van der Waals surface area contributed by atoms with Crippen LogP contribution in [0.2, 0.25) is 0 Å². The molecule has 2 aromatic rings. The number of nitrogens with one attached hydrogen (secondary N) is 1. The van der Waals surface area contributed by atoms with Crippen LogP contribution in [0.3, 0.4) is 0 Å². The van der Waals surface area contributed by atoms with Crippen molar-refractivity contribution in [2.45, 2.75) is 12.0 Å². The quantitative estimate of drug-likeness (QED) is 0.661. The summed E-state index contributed by atoms with van der Waals surface area (Å²) in [7, 11) is 1.55. The molecule has 7 heteroatoms. The molecule has 0 fully saturated rings. The lowest BCUT2D eigenvalue weighted by Gasteiger charge is -2.42. The Morgan fingerprint density at radius 3 is 2.80 bits per heavy atom. The van der Waals surface area contributed by atoms with Gasteiger partial charge in [0, 0.05) is 40.8 Å². The first-order chi connectivity index (χ1) is 12.0. The molecule has 0 saturated heterocycles. The minimum Gasteiger partial charge on any atom is -0.508 e. The minimum absolute atomic E-state index is 0.0861. The Labute approximate surface area is 143 Å². The Balaban J connectivity index is 1.96. The van der Waals surface area contributed by atoms with E-state index in [1.807, 2.05) is 0 Å². The molecule has 0 spiro atoms. The fraction of sp³-hybridized carbons (Fsp3) is 0.278. The van der Waals surface area contributed by atoms with Crippen LogP contribution in [0.5, 0.6) is 23.0 Å². The van der Waals surface area contributed by atoms with Crippen molar-refractivity contribution in [1.29, 1.82) is 0 Å². The summed E-state index contributed by atoms with van der Waals surface area (Å²) in [6, 6.07) is 7.13. The number of hydrogen-bond donors (Lipinski definition) is 4. The second kappa shape index (κ2) is 5.47. The van der Waals surface area contributed by atoms with Gasteiger partial charge in [-0.3, -0.25) is 0 Å². The minimum atomic E-state index is -1.02. The SMILES string of the molecule is COc1ccc2c(c1)C1c3c(O)cc(O)cc3NC(C(=O)O)C1CO2. The van der Waals surface area contributed by atoms with E-state index in [2.05, 4.69) is 5.32 Å². The first kappa shape index (κ1) is 15.4. The van der Waals surface area contributed by atoms with Gasteiger partial charge in [0.05, 0.1) is 13.7 Å². The Bertz CT molecular complexity index is 865. The summed E-state index contributed by atoms with van der Waals surface area (Å²) < 4.78 is 11.0. The largest absolute Gasteiger partial charge is 0.508 e. The van der Waals surface area contributed by atoms with Gasteiger partial charge < -0.3 is 30.1 Å². The number of hydrogen-bond acceptors (Lipinski definition) is 6. The van der Waals surface area contributed by atoms with E-state index in [0.29, 0.717) is 22.7 Å². The van der Waals surface area contributed by atoms with Gasteiger partial charge in [-0.2, -0.15) is 0 Å². The molecule has 2 aliphatic rings. The molecule has 2 aliphatic heterocycles. The molecular weight excluding hydrogens is 326 g/mol. The second-order valence-corrected chi connectivity index (χ2v) is 6.24. The summed E-state index contributed by atoms with van der Waals surface area (Å²) in [4.78, 5) is 11.8. The molecule has 0 bridgehead atoms. The average Bonchev–Trinajstić information content (AvgIpc) is 2.59. The van der Waals surface area contributed by atoms with Crippen molar-refractivity contribution in [2.24, 2.45) is 5.92 Å². The van der Waals surface area contributed by atoms with Crippen molar-refractivity contribution < 1.29 is 29.6 Å². The molecule has 4 N–H and O–H groups in total. The molecule has 2 heterocycles. The van der Waals surface area contributed by atoms with E-state index in [1.165, 1.54) is 12.1 Å². The second-order valence-electron chi connectivity index (χ2n) is 6.24. The molecule has 25 heavy (non-hydrogen) atoms. The van der Waals surface area contributed by atoms with Crippen LogP contribution in [0, 0.1) is 5.92 Å². The van der Waals surface area contributed by atoms with E-state index < -0.39 is 23.8 Å². The third-order valence-electron chi connectivity index (χ3n) is 4.87. The number of anilines is 1. The van der Waals surface area contributed by atoms with Crippen molar-refractivity contribution in [2.75, 3.05) is 19.0 Å². The first-order valence-electron chi connectivity index (χ1n) is 7.85. The summed E-state index contributed by atoms with van der Waals surface area (Å²) in [5.41, 5.74) is 1.71. The zero-order valence-corrected chi connectivity index (χ0v) is 13.4. The maximum absolute atomic E-state index is 11.8. The molecule has 0 aromatic heterocycles. The molecular formula is C18H17NO6. The van der Waals surface area contributed by atoms with Gasteiger partial charge in [0.25, 0.3) is 0 Å². The van der Waals surface area contributed by atoms with E-state index in [-0.39, 0.29) is 18.1 Å². The predicted octanol–water partition coefficient (Wildman–Crippen LogP) is 2.13. The number of phenolic OH excluding ortho intramolecular Hbond substituents is 2. The molecule has 0 saturated carbocycles. The van der Waals surface area contributed by atoms with Crippen LogP contribution in [0.1, 0.15) is 17.0 Å². The number of fused-ring (bicyclic) bond motifs is 5. The highest BCUT2D eigenvalue weighted by Crippen LogP contribution is 2.52. The van der Waals surface area contributed by atoms with Crippen molar-refractivity contribution >= 4 is 11.7 Å². The lowest BCUT2D eigenvalue weighted by molar-refractivity contribution is -0.139. The normalized spacial score (nSPS) is 23.3. The van der Waals surface area contributed by atoms with Crippen LogP contribution in [0.15, 0.2) is 30.3 Å². The van der Waals surface area contributed by atoms with E-state index in [0.717, 1.165) is 5.56 Å². The van der Waals surface area contributed by atoms with Gasteiger partial charge in [-0.05, 0) is 18.2 Å². The standard InChI is InChI=1S/C18H17NO6/c1-24-9-2-3-14-10(6-9)15-11(7-25-14)17(18(22)23)19-12-4-8(20)5-13(21)16(12)15/h2-6,11,15,17,19-21H,7H2,1H3,(H,22,23). The van der Waals surface area contributed by atoms with Gasteiger partial charge in [0.1, 0.15) is 29.0 Å². The lowest BCUT2D eigenvalue weighted by atomic mass is 9.72. The van der Waals surface area contributed by atoms with E-state index in [1.54, 1.807) is 25.3 Å². The average molecular weight is 343 g/mol. The predicted molar refractivity (Wildman–Crippen MR) is 88.6 cm³/mol. The molecule has 0 amide bonds. The number of carboxylic acid groups (broad SMARTS) is 1. The van der Waals surface area contributed by atoms with Crippen LogP contribution in [-0.4, -0.2) is 41.0 Å². The molecule has 7 nitrogen and oxygen atoms in total. The highest BCUT2D eigenvalue weighted by molar-refractivity contribution is 5.82. The number of ether oxygens (including phenoxy) is 2. The fourth-order valence-corrected chi connectivity index (χ4v) is 3.79. The monoisotopic (exact) mass is 343 g/mol. The number of rotatable bonds is 2. The third kappa shape index (κ3) is 2.31. The number of carbonyl (C=O) groups is 1. The van der Waals surface area contributed by atoms with Gasteiger partial charge in [0.2, 0.25) is 0 Å². The Kier molecular flexibility index (Phi) is 3.38. The van der Waals surface area contributed by atoms with Crippen LogP contribution >= 0.6 is 0 Å². The Hall–Kier alpha value is -3.09. The zero-order chi connectivity index (χ0) is 17.7. The fourth-order valence-electron chi connectivity index (χ4n) is 3.79. The number of aromatic hydroxyl groups is 2. The van der Waals surface area contributed by atoms with Crippen LogP contribution in [0.25, 0.3) is 0 Å². The first-order valence-corrected chi connectivity index (χ1v) is 7.85. The van der Waals surface area contributed by atoms with Gasteiger partial charge >= 0.3 is 5.97 Å². The van der Waals surface area contributed by atoms with E-state index >= 15 is 0 Å². The van der Waals surface area contributed by atoms with Gasteiger partial charge in [-0.25, -0.2) is 4.79 Å². The summed E-state index contributed by atoms with van der Waals surface area (Å²) in [6.07, 6.45) is 0. The van der Waals surface area contributed by atoms with Crippen molar-refractivity contribution in [3.05, 3.63) is 41.5 Å².